The molecule has 9 heteroatoms. The van der Waals surface area contributed by atoms with E-state index in [0.717, 1.165) is 46.3 Å². The molecule has 4 rings (SSSR count). The highest BCUT2D eigenvalue weighted by molar-refractivity contribution is 9.10. The molecule has 1 fully saturated rings. The fourth-order valence-electron chi connectivity index (χ4n) is 3.77. The second kappa shape index (κ2) is 8.97. The van der Waals surface area contributed by atoms with Crippen LogP contribution in [0.5, 0.6) is 5.88 Å². The molecule has 1 aliphatic heterocycles. The molecular formula is C23H28BrN5O3. The number of hydrogen-bond donors (Lipinski definition) is 1. The summed E-state index contributed by atoms with van der Waals surface area (Å²) >= 11 is 3.47. The van der Waals surface area contributed by atoms with E-state index in [1.54, 1.807) is 18.2 Å². The van der Waals surface area contributed by atoms with Gasteiger partial charge in [0.05, 0.1) is 23.7 Å². The predicted octanol–water partition coefficient (Wildman–Crippen LogP) is 4.84. The van der Waals surface area contributed by atoms with Crippen LogP contribution in [0.4, 0.5) is 10.5 Å². The number of carbonyl (C=O) groups is 1. The standard InChI is InChI=1S/C23H28BrN5O3/c1-23(2,3)32-22(30)29-9-5-8-28(10-11-29)16-6-7-18-19(13-16)27-20(26-18)17-12-15(24)14-25-21(17)31-4/h6-7,12-14H,5,8-11H2,1-4H3,(H,26,27). The largest absolute Gasteiger partial charge is 0.480 e. The number of methoxy groups -OCH3 is 1. The minimum Gasteiger partial charge on any atom is -0.480 e. The van der Waals surface area contributed by atoms with E-state index in [2.05, 4.69) is 42.9 Å². The van der Waals surface area contributed by atoms with Gasteiger partial charge in [-0.05, 0) is 67.4 Å². The molecule has 1 amide bonds. The Labute approximate surface area is 196 Å². The normalized spacial score (nSPS) is 15.0. The van der Waals surface area contributed by atoms with E-state index in [-0.39, 0.29) is 6.09 Å². The maximum absolute atomic E-state index is 12.5. The molecule has 8 nitrogen and oxygen atoms in total. The van der Waals surface area contributed by atoms with Crippen molar-refractivity contribution in [1.82, 2.24) is 19.9 Å². The average Bonchev–Trinajstić information content (AvgIpc) is 3.00. The van der Waals surface area contributed by atoms with Crippen molar-refractivity contribution < 1.29 is 14.3 Å². The Morgan fingerprint density at radius 2 is 1.97 bits per heavy atom. The van der Waals surface area contributed by atoms with Gasteiger partial charge in [-0.25, -0.2) is 14.8 Å². The van der Waals surface area contributed by atoms with Crippen molar-refractivity contribution >= 4 is 38.7 Å². The summed E-state index contributed by atoms with van der Waals surface area (Å²) in [6.07, 6.45) is 2.33. The third-order valence-corrected chi connectivity index (χ3v) is 5.68. The van der Waals surface area contributed by atoms with Gasteiger partial charge in [-0.2, -0.15) is 0 Å². The molecule has 0 spiro atoms. The number of anilines is 1. The minimum absolute atomic E-state index is 0.246. The lowest BCUT2D eigenvalue weighted by molar-refractivity contribution is 0.0263. The molecule has 1 aromatic carbocycles. The number of rotatable bonds is 3. The van der Waals surface area contributed by atoms with Crippen LogP contribution in [0.15, 0.2) is 34.9 Å². The third-order valence-electron chi connectivity index (χ3n) is 5.24. The first kappa shape index (κ1) is 22.4. The van der Waals surface area contributed by atoms with Gasteiger partial charge in [-0.1, -0.05) is 0 Å². The van der Waals surface area contributed by atoms with Crippen LogP contribution in [0.3, 0.4) is 0 Å². The van der Waals surface area contributed by atoms with E-state index < -0.39 is 5.60 Å². The van der Waals surface area contributed by atoms with Gasteiger partial charge in [0.2, 0.25) is 5.88 Å². The van der Waals surface area contributed by atoms with E-state index in [1.165, 1.54) is 0 Å². The van der Waals surface area contributed by atoms with Gasteiger partial charge < -0.3 is 24.3 Å². The summed E-state index contributed by atoms with van der Waals surface area (Å²) in [6.45, 7) is 8.61. The van der Waals surface area contributed by atoms with Crippen LogP contribution in [0.25, 0.3) is 22.4 Å². The lowest BCUT2D eigenvalue weighted by Gasteiger charge is -2.27. The summed E-state index contributed by atoms with van der Waals surface area (Å²) in [5.74, 6) is 1.22. The molecule has 0 saturated carbocycles. The van der Waals surface area contributed by atoms with Crippen molar-refractivity contribution in [2.24, 2.45) is 0 Å². The lowest BCUT2D eigenvalue weighted by Crippen LogP contribution is -2.39. The summed E-state index contributed by atoms with van der Waals surface area (Å²) in [5.41, 5.74) is 3.21. The molecule has 32 heavy (non-hydrogen) atoms. The summed E-state index contributed by atoms with van der Waals surface area (Å²) < 4.78 is 11.8. The number of benzene rings is 1. The minimum atomic E-state index is -0.487. The number of H-pyrrole nitrogens is 1. The highest BCUT2D eigenvalue weighted by Crippen LogP contribution is 2.31. The summed E-state index contributed by atoms with van der Waals surface area (Å²) in [4.78, 5) is 29.0. The van der Waals surface area contributed by atoms with E-state index in [1.807, 2.05) is 32.9 Å². The number of nitrogens with zero attached hydrogens (tertiary/aromatic N) is 4. The Hall–Kier alpha value is -2.81. The molecule has 0 atom stereocenters. The van der Waals surface area contributed by atoms with Crippen molar-refractivity contribution in [3.8, 4) is 17.3 Å². The summed E-state index contributed by atoms with van der Waals surface area (Å²) in [7, 11) is 1.60. The molecule has 170 valence electrons. The SMILES string of the molecule is COc1ncc(Br)cc1-c1nc2ccc(N3CCCN(C(=O)OC(C)(C)C)CC3)cc2[nH]1. The number of aromatic nitrogens is 3. The molecule has 2 aromatic heterocycles. The van der Waals surface area contributed by atoms with Crippen molar-refractivity contribution in [2.75, 3.05) is 38.2 Å². The number of ether oxygens (including phenoxy) is 2. The number of halogens is 1. The Morgan fingerprint density at radius 1 is 1.16 bits per heavy atom. The van der Waals surface area contributed by atoms with E-state index in [4.69, 9.17) is 14.5 Å². The number of imidazole rings is 1. The van der Waals surface area contributed by atoms with Gasteiger partial charge in [0, 0.05) is 42.5 Å². The van der Waals surface area contributed by atoms with Gasteiger partial charge >= 0.3 is 6.09 Å². The molecule has 1 aliphatic rings. The van der Waals surface area contributed by atoms with Crippen LogP contribution >= 0.6 is 15.9 Å². The van der Waals surface area contributed by atoms with Crippen molar-refractivity contribution in [2.45, 2.75) is 32.8 Å². The molecule has 1 N–H and O–H groups in total. The fraction of sp³-hybridized carbons (Fsp3) is 0.435. The maximum atomic E-state index is 12.5. The first-order valence-electron chi connectivity index (χ1n) is 10.7. The van der Waals surface area contributed by atoms with Gasteiger partial charge in [-0.3, -0.25) is 0 Å². The summed E-state index contributed by atoms with van der Waals surface area (Å²) in [6, 6.07) is 8.13. The van der Waals surface area contributed by atoms with Crippen LogP contribution < -0.4 is 9.64 Å². The van der Waals surface area contributed by atoms with E-state index in [0.29, 0.717) is 24.8 Å². The van der Waals surface area contributed by atoms with Gasteiger partial charge in [0.15, 0.2) is 0 Å². The number of pyridine rings is 1. The van der Waals surface area contributed by atoms with Gasteiger partial charge in [0.1, 0.15) is 11.4 Å². The second-order valence-corrected chi connectivity index (χ2v) is 9.72. The zero-order valence-electron chi connectivity index (χ0n) is 18.8. The Bertz CT molecular complexity index is 1120. The van der Waals surface area contributed by atoms with Crippen molar-refractivity contribution in [3.05, 3.63) is 34.9 Å². The van der Waals surface area contributed by atoms with Gasteiger partial charge in [0.25, 0.3) is 0 Å². The number of aromatic amines is 1. The van der Waals surface area contributed by atoms with Gasteiger partial charge in [-0.15, -0.1) is 0 Å². The smallest absolute Gasteiger partial charge is 0.410 e. The van der Waals surface area contributed by atoms with Crippen LogP contribution in [0.2, 0.25) is 0 Å². The first-order chi connectivity index (χ1) is 15.2. The van der Waals surface area contributed by atoms with Crippen molar-refractivity contribution in [1.29, 1.82) is 0 Å². The van der Waals surface area contributed by atoms with E-state index >= 15 is 0 Å². The summed E-state index contributed by atoms with van der Waals surface area (Å²) in [5, 5.41) is 0. The highest BCUT2D eigenvalue weighted by Gasteiger charge is 2.24. The number of nitrogens with one attached hydrogen (secondary N) is 1. The molecule has 0 radical (unpaired) electrons. The van der Waals surface area contributed by atoms with E-state index in [9.17, 15) is 4.79 Å². The lowest BCUT2D eigenvalue weighted by atomic mass is 10.2. The highest BCUT2D eigenvalue weighted by atomic mass is 79.9. The number of amides is 1. The number of fused-ring (bicyclic) bond motifs is 1. The van der Waals surface area contributed by atoms with Crippen LogP contribution in [0, 0.1) is 0 Å². The predicted molar refractivity (Wildman–Crippen MR) is 128 cm³/mol. The van der Waals surface area contributed by atoms with Crippen LogP contribution in [0.1, 0.15) is 27.2 Å². The molecule has 1 saturated heterocycles. The molecule has 0 aliphatic carbocycles. The Kier molecular flexibility index (Phi) is 6.28. The number of carbonyl (C=O) groups excluding carboxylic acids is 1. The third kappa shape index (κ3) is 4.98. The molecule has 3 aromatic rings. The Morgan fingerprint density at radius 3 is 2.72 bits per heavy atom. The first-order valence-corrected chi connectivity index (χ1v) is 11.5. The zero-order valence-corrected chi connectivity index (χ0v) is 20.4. The quantitative estimate of drug-likeness (QED) is 0.552. The molecular weight excluding hydrogens is 474 g/mol. The zero-order chi connectivity index (χ0) is 22.9. The monoisotopic (exact) mass is 501 g/mol. The van der Waals surface area contributed by atoms with Crippen LogP contribution in [-0.4, -0.2) is 64.8 Å². The van der Waals surface area contributed by atoms with Crippen molar-refractivity contribution in [3.63, 3.8) is 0 Å². The number of hydrogen-bond acceptors (Lipinski definition) is 6. The fourth-order valence-corrected chi connectivity index (χ4v) is 4.10. The molecule has 0 bridgehead atoms. The topological polar surface area (TPSA) is 83.6 Å². The molecule has 0 unspecified atom stereocenters. The Balaban J connectivity index is 1.53. The van der Waals surface area contributed by atoms with Crippen LogP contribution in [-0.2, 0) is 4.74 Å². The maximum Gasteiger partial charge on any atom is 0.410 e. The molecule has 3 heterocycles. The average molecular weight is 502 g/mol. The second-order valence-electron chi connectivity index (χ2n) is 8.81.